The lowest BCUT2D eigenvalue weighted by Gasteiger charge is -2.23. The number of carbonyl (C=O) groups excluding carboxylic acids is 1. The number of halogens is 2. The van der Waals surface area contributed by atoms with Gasteiger partial charge in [-0.25, -0.2) is 4.39 Å². The highest BCUT2D eigenvalue weighted by molar-refractivity contribution is 9.10. The average molecular weight is 376 g/mol. The fraction of sp³-hybridized carbons (Fsp3) is 0.562. The Bertz CT molecular complexity index is 451. The number of carbonyl (C=O) groups is 1. The van der Waals surface area contributed by atoms with Crippen molar-refractivity contribution in [3.63, 3.8) is 0 Å². The molecule has 22 heavy (non-hydrogen) atoms. The molecule has 1 aliphatic rings. The van der Waals surface area contributed by atoms with Crippen LogP contribution in [0, 0.1) is 5.82 Å². The van der Waals surface area contributed by atoms with Crippen LogP contribution in [0.2, 0.25) is 0 Å². The van der Waals surface area contributed by atoms with E-state index >= 15 is 0 Å². The average Bonchev–Trinajstić information content (AvgIpc) is 2.37. The maximum absolute atomic E-state index is 13.1. The zero-order valence-corrected chi connectivity index (χ0v) is 14.8. The van der Waals surface area contributed by atoms with Crippen LogP contribution in [-0.4, -0.2) is 31.3 Å². The smallest absolute Gasteiger partial charge is 0.293 e. The van der Waals surface area contributed by atoms with E-state index in [4.69, 9.17) is 4.74 Å². The first-order valence-corrected chi connectivity index (χ1v) is 8.04. The molecule has 4 nitrogen and oxygen atoms in total. The molecule has 0 bridgehead atoms. The van der Waals surface area contributed by atoms with E-state index in [2.05, 4.69) is 26.0 Å². The highest BCUT2D eigenvalue weighted by Crippen LogP contribution is 2.23. The molecule has 1 aliphatic heterocycles. The Balaban J connectivity index is 0.000000295. The second kappa shape index (κ2) is 9.10. The summed E-state index contributed by atoms with van der Waals surface area (Å²) in [5, 5.41) is 3.26. The van der Waals surface area contributed by atoms with Gasteiger partial charge in [0.25, 0.3) is 6.47 Å². The fourth-order valence-corrected chi connectivity index (χ4v) is 2.29. The maximum atomic E-state index is 13.1. The van der Waals surface area contributed by atoms with E-state index in [1.165, 1.54) is 12.1 Å². The van der Waals surface area contributed by atoms with Crippen LogP contribution < -0.4 is 10.1 Å². The van der Waals surface area contributed by atoms with Gasteiger partial charge in [0, 0.05) is 10.5 Å². The Hall–Kier alpha value is -1.14. The summed E-state index contributed by atoms with van der Waals surface area (Å²) in [7, 11) is 0. The van der Waals surface area contributed by atoms with E-state index in [1.807, 2.05) is 20.8 Å². The second-order valence-corrected chi connectivity index (χ2v) is 6.91. The predicted octanol–water partition coefficient (Wildman–Crippen LogP) is 3.68. The predicted molar refractivity (Wildman–Crippen MR) is 87.5 cm³/mol. The lowest BCUT2D eigenvalue weighted by Crippen LogP contribution is -2.34. The molecular formula is C16H23BrFNO3. The van der Waals surface area contributed by atoms with Gasteiger partial charge in [-0.2, -0.15) is 0 Å². The Morgan fingerprint density at radius 2 is 1.91 bits per heavy atom. The molecule has 1 aromatic carbocycles. The van der Waals surface area contributed by atoms with Crippen LogP contribution in [0.15, 0.2) is 22.7 Å². The Labute approximate surface area is 139 Å². The molecule has 1 fully saturated rings. The Morgan fingerprint density at radius 1 is 1.27 bits per heavy atom. The van der Waals surface area contributed by atoms with Gasteiger partial charge in [0.1, 0.15) is 23.3 Å². The molecule has 1 saturated heterocycles. The minimum absolute atomic E-state index is 0.208. The van der Waals surface area contributed by atoms with Crippen LogP contribution in [0.3, 0.4) is 0 Å². The SMILES string of the molecule is CC(C)(C)OC=O.Fc1cc(Br)cc(OC2CCNCC2)c1. The van der Waals surface area contributed by atoms with Gasteiger partial charge in [-0.05, 0) is 58.8 Å². The normalized spacial score (nSPS) is 15.5. The summed E-state index contributed by atoms with van der Waals surface area (Å²) >= 11 is 3.25. The van der Waals surface area contributed by atoms with Gasteiger partial charge >= 0.3 is 0 Å². The molecule has 2 rings (SSSR count). The van der Waals surface area contributed by atoms with Crippen LogP contribution in [0.4, 0.5) is 4.39 Å². The van der Waals surface area contributed by atoms with Crippen molar-refractivity contribution in [3.05, 3.63) is 28.5 Å². The van der Waals surface area contributed by atoms with Gasteiger partial charge in [0.2, 0.25) is 0 Å². The minimum atomic E-state index is -0.318. The monoisotopic (exact) mass is 375 g/mol. The van der Waals surface area contributed by atoms with E-state index in [0.29, 0.717) is 16.7 Å². The van der Waals surface area contributed by atoms with Gasteiger partial charge in [-0.15, -0.1) is 0 Å². The van der Waals surface area contributed by atoms with Gasteiger partial charge in [-0.3, -0.25) is 4.79 Å². The van der Waals surface area contributed by atoms with Crippen molar-refractivity contribution in [1.82, 2.24) is 5.32 Å². The van der Waals surface area contributed by atoms with Gasteiger partial charge in [0.05, 0.1) is 0 Å². The first-order chi connectivity index (χ1) is 10.3. The van der Waals surface area contributed by atoms with Crippen molar-refractivity contribution in [2.45, 2.75) is 45.3 Å². The molecule has 6 heteroatoms. The number of hydrogen-bond donors (Lipinski definition) is 1. The third kappa shape index (κ3) is 8.34. The number of piperidine rings is 1. The highest BCUT2D eigenvalue weighted by atomic mass is 79.9. The van der Waals surface area contributed by atoms with Crippen molar-refractivity contribution >= 4 is 22.4 Å². The quantitative estimate of drug-likeness (QED) is 0.818. The molecular weight excluding hydrogens is 353 g/mol. The number of benzene rings is 1. The second-order valence-electron chi connectivity index (χ2n) is 6.00. The van der Waals surface area contributed by atoms with Crippen LogP contribution >= 0.6 is 15.9 Å². The molecule has 124 valence electrons. The lowest BCUT2D eigenvalue weighted by molar-refractivity contribution is -0.138. The van der Waals surface area contributed by atoms with E-state index in [9.17, 15) is 9.18 Å². The van der Waals surface area contributed by atoms with Crippen molar-refractivity contribution in [2.75, 3.05) is 13.1 Å². The van der Waals surface area contributed by atoms with E-state index < -0.39 is 0 Å². The molecule has 0 aliphatic carbocycles. The summed E-state index contributed by atoms with van der Waals surface area (Å²) in [4.78, 5) is 9.60. The van der Waals surface area contributed by atoms with Gasteiger partial charge in [0.15, 0.2) is 0 Å². The summed E-state index contributed by atoms with van der Waals surface area (Å²) in [5.74, 6) is 0.335. The Morgan fingerprint density at radius 3 is 2.36 bits per heavy atom. The fourth-order valence-electron chi connectivity index (χ4n) is 1.85. The molecule has 0 saturated carbocycles. The number of rotatable bonds is 3. The minimum Gasteiger partial charge on any atom is -0.490 e. The van der Waals surface area contributed by atoms with Crippen molar-refractivity contribution in [2.24, 2.45) is 0 Å². The summed E-state index contributed by atoms with van der Waals surface area (Å²) in [6.45, 7) is 7.87. The standard InChI is InChI=1S/C11H13BrFNO.C5H10O2/c12-8-5-9(13)7-11(6-8)15-10-1-3-14-4-2-10;1-5(2,3)7-4-6/h5-7,10,14H,1-4H2;4H,1-3H3. The number of nitrogens with one attached hydrogen (secondary N) is 1. The van der Waals surface area contributed by atoms with Gasteiger partial charge in [-0.1, -0.05) is 15.9 Å². The van der Waals surface area contributed by atoms with Crippen LogP contribution in [0.1, 0.15) is 33.6 Å². The third-order valence-electron chi connectivity index (χ3n) is 2.83. The van der Waals surface area contributed by atoms with Crippen molar-refractivity contribution in [1.29, 1.82) is 0 Å². The van der Waals surface area contributed by atoms with Crippen molar-refractivity contribution in [3.8, 4) is 5.75 Å². The highest BCUT2D eigenvalue weighted by Gasteiger charge is 2.14. The molecule has 1 heterocycles. The van der Waals surface area contributed by atoms with E-state index in [1.54, 1.807) is 6.07 Å². The Kier molecular flexibility index (Phi) is 7.82. The molecule has 0 amide bonds. The summed E-state index contributed by atoms with van der Waals surface area (Å²) < 4.78 is 24.0. The molecule has 1 N–H and O–H groups in total. The van der Waals surface area contributed by atoms with Crippen molar-refractivity contribution < 1.29 is 18.7 Å². The first-order valence-electron chi connectivity index (χ1n) is 7.25. The lowest BCUT2D eigenvalue weighted by atomic mass is 10.1. The zero-order chi connectivity index (χ0) is 16.6. The zero-order valence-electron chi connectivity index (χ0n) is 13.2. The molecule has 1 aromatic rings. The molecule has 0 radical (unpaired) electrons. The van der Waals surface area contributed by atoms with Crippen LogP contribution in [-0.2, 0) is 9.53 Å². The summed E-state index contributed by atoms with van der Waals surface area (Å²) in [6, 6.07) is 4.65. The largest absolute Gasteiger partial charge is 0.490 e. The molecule has 0 unspecified atom stereocenters. The molecule has 0 aromatic heterocycles. The molecule has 0 atom stereocenters. The molecule has 0 spiro atoms. The summed E-state index contributed by atoms with van der Waals surface area (Å²) in [5.41, 5.74) is -0.318. The van der Waals surface area contributed by atoms with Crippen LogP contribution in [0.25, 0.3) is 0 Å². The van der Waals surface area contributed by atoms with Crippen LogP contribution in [0.5, 0.6) is 5.75 Å². The summed E-state index contributed by atoms with van der Waals surface area (Å²) in [6.07, 6.45) is 2.17. The topological polar surface area (TPSA) is 47.6 Å². The number of hydrogen-bond acceptors (Lipinski definition) is 4. The first kappa shape index (κ1) is 18.9. The van der Waals surface area contributed by atoms with Gasteiger partial charge < -0.3 is 14.8 Å². The van der Waals surface area contributed by atoms with E-state index in [0.717, 1.165) is 25.9 Å². The maximum Gasteiger partial charge on any atom is 0.293 e. The third-order valence-corrected chi connectivity index (χ3v) is 3.28. The number of ether oxygens (including phenoxy) is 2. The van der Waals surface area contributed by atoms with E-state index in [-0.39, 0.29) is 17.5 Å².